The van der Waals surface area contributed by atoms with Crippen molar-refractivity contribution in [3.63, 3.8) is 0 Å². The fraction of sp³-hybridized carbons (Fsp3) is 0.538. The fourth-order valence-corrected chi connectivity index (χ4v) is 3.35. The van der Waals surface area contributed by atoms with Crippen LogP contribution in [0.25, 0.3) is 0 Å². The van der Waals surface area contributed by atoms with Crippen molar-refractivity contribution in [3.8, 4) is 5.75 Å². The van der Waals surface area contributed by atoms with Gasteiger partial charge in [0, 0.05) is 17.7 Å². The first kappa shape index (κ1) is 10.3. The number of nitrogens with zero attached hydrogens (tertiary/aromatic N) is 1. The smallest absolute Gasteiger partial charge is 0.270 e. The average Bonchev–Trinajstić information content (AvgIpc) is 3.05. The van der Waals surface area contributed by atoms with E-state index in [1.165, 1.54) is 18.9 Å². The zero-order chi connectivity index (χ0) is 12.3. The van der Waals surface area contributed by atoms with Crippen molar-refractivity contribution in [1.29, 1.82) is 0 Å². The number of ether oxygens (including phenoxy) is 2. The van der Waals surface area contributed by atoms with Crippen LogP contribution in [-0.4, -0.2) is 16.6 Å². The van der Waals surface area contributed by atoms with Crippen molar-refractivity contribution in [2.45, 2.75) is 43.5 Å². The number of non-ortho nitro benzene ring substituents is 1. The van der Waals surface area contributed by atoms with Gasteiger partial charge in [0.25, 0.3) is 5.69 Å². The lowest BCUT2D eigenvalue weighted by molar-refractivity contribution is -0.385. The highest BCUT2D eigenvalue weighted by molar-refractivity contribution is 5.49. The van der Waals surface area contributed by atoms with Crippen molar-refractivity contribution in [2.75, 3.05) is 0 Å². The van der Waals surface area contributed by atoms with Gasteiger partial charge in [-0.25, -0.2) is 0 Å². The first-order valence-corrected chi connectivity index (χ1v) is 6.32. The highest BCUT2D eigenvalue weighted by Gasteiger charge is 2.62. The lowest BCUT2D eigenvalue weighted by Gasteiger charge is -2.32. The molecular weight excluding hydrogens is 234 g/mol. The van der Waals surface area contributed by atoms with Crippen molar-refractivity contribution in [2.24, 2.45) is 0 Å². The predicted molar refractivity (Wildman–Crippen MR) is 62.5 cm³/mol. The molecule has 1 aromatic carbocycles. The van der Waals surface area contributed by atoms with E-state index in [1.54, 1.807) is 12.1 Å². The molecule has 1 saturated carbocycles. The Labute approximate surface area is 104 Å². The first-order valence-electron chi connectivity index (χ1n) is 6.32. The second-order valence-corrected chi connectivity index (χ2v) is 5.33. The average molecular weight is 247 g/mol. The van der Waals surface area contributed by atoms with Gasteiger partial charge in [-0.05, 0) is 31.7 Å². The van der Waals surface area contributed by atoms with Gasteiger partial charge < -0.3 is 9.47 Å². The molecular formula is C13H13NO4. The summed E-state index contributed by atoms with van der Waals surface area (Å²) in [6, 6.07) is 4.80. The highest BCUT2D eigenvalue weighted by atomic mass is 16.6. The van der Waals surface area contributed by atoms with E-state index < -0.39 is 0 Å². The summed E-state index contributed by atoms with van der Waals surface area (Å²) in [7, 11) is 0. The van der Waals surface area contributed by atoms with Crippen molar-refractivity contribution < 1.29 is 14.4 Å². The van der Waals surface area contributed by atoms with Crippen molar-refractivity contribution in [1.82, 2.24) is 0 Å². The zero-order valence-electron chi connectivity index (χ0n) is 9.80. The maximum absolute atomic E-state index is 10.8. The number of rotatable bonds is 1. The lowest BCUT2D eigenvalue weighted by atomic mass is 9.89. The Morgan fingerprint density at radius 1 is 1.33 bits per heavy atom. The van der Waals surface area contributed by atoms with Crippen LogP contribution in [0, 0.1) is 10.1 Å². The summed E-state index contributed by atoms with van der Waals surface area (Å²) < 4.78 is 11.9. The number of nitro benzene ring substituents is 1. The van der Waals surface area contributed by atoms with Gasteiger partial charge in [0.15, 0.2) is 0 Å². The first-order chi connectivity index (χ1) is 8.70. The van der Waals surface area contributed by atoms with Crippen molar-refractivity contribution in [3.05, 3.63) is 33.9 Å². The van der Waals surface area contributed by atoms with Crippen LogP contribution in [0.2, 0.25) is 0 Å². The van der Waals surface area contributed by atoms with E-state index in [9.17, 15) is 10.1 Å². The molecule has 94 valence electrons. The summed E-state index contributed by atoms with van der Waals surface area (Å²) in [5.41, 5.74) is 0.786. The maximum Gasteiger partial charge on any atom is 0.270 e. The van der Waals surface area contributed by atoms with Crippen LogP contribution in [0.4, 0.5) is 5.69 Å². The molecule has 5 nitrogen and oxygen atoms in total. The summed E-state index contributed by atoms with van der Waals surface area (Å²) in [5.74, 6) is 0.765. The van der Waals surface area contributed by atoms with Gasteiger partial charge in [-0.3, -0.25) is 10.1 Å². The summed E-state index contributed by atoms with van der Waals surface area (Å²) in [6.45, 7) is 0. The summed E-state index contributed by atoms with van der Waals surface area (Å²) >= 11 is 0. The largest absolute Gasteiger partial charge is 0.484 e. The standard InChI is InChI=1S/C13H13NO4/c15-14(16)8-3-4-10-9(7-8)11-12(17-11)13(18-10)5-1-2-6-13/h3-4,7,11-12H,1-2,5-6H2/t11-,12+/m1/s1. The summed E-state index contributed by atoms with van der Waals surface area (Å²) in [4.78, 5) is 10.4. The number of epoxide rings is 1. The number of fused-ring (bicyclic) bond motifs is 4. The highest BCUT2D eigenvalue weighted by Crippen LogP contribution is 2.58. The van der Waals surface area contributed by atoms with Gasteiger partial charge >= 0.3 is 0 Å². The van der Waals surface area contributed by atoms with Crippen LogP contribution in [0.3, 0.4) is 0 Å². The SMILES string of the molecule is O=[N+]([O-])c1ccc2c(c1)[C@H]1O[C@@H]1C1(CCCC1)O2. The molecule has 1 aromatic rings. The number of benzene rings is 1. The number of nitro groups is 1. The van der Waals surface area contributed by atoms with Gasteiger partial charge in [-0.2, -0.15) is 0 Å². The Kier molecular flexibility index (Phi) is 1.85. The van der Waals surface area contributed by atoms with Crippen LogP contribution in [0.1, 0.15) is 37.4 Å². The number of hydrogen-bond acceptors (Lipinski definition) is 4. The molecule has 0 aromatic heterocycles. The molecule has 4 rings (SSSR count). The van der Waals surface area contributed by atoms with E-state index in [2.05, 4.69) is 0 Å². The van der Waals surface area contributed by atoms with Gasteiger partial charge in [-0.15, -0.1) is 0 Å². The topological polar surface area (TPSA) is 64.9 Å². The Balaban J connectivity index is 1.76. The molecule has 5 heteroatoms. The molecule has 1 saturated heterocycles. The van der Waals surface area contributed by atoms with Gasteiger partial charge in [-0.1, -0.05) is 0 Å². The van der Waals surface area contributed by atoms with E-state index in [0.717, 1.165) is 24.2 Å². The summed E-state index contributed by atoms with van der Waals surface area (Å²) in [6.07, 6.45) is 4.53. The molecule has 2 aliphatic heterocycles. The van der Waals surface area contributed by atoms with Crippen LogP contribution in [0.5, 0.6) is 5.75 Å². The molecule has 2 atom stereocenters. The van der Waals surface area contributed by atoms with E-state index in [1.807, 2.05) is 0 Å². The third kappa shape index (κ3) is 1.25. The molecule has 18 heavy (non-hydrogen) atoms. The molecule has 0 bridgehead atoms. The van der Waals surface area contributed by atoms with Crippen LogP contribution < -0.4 is 4.74 Å². The molecule has 0 N–H and O–H groups in total. The summed E-state index contributed by atoms with van der Waals surface area (Å²) in [5, 5.41) is 10.8. The minimum atomic E-state index is -0.377. The molecule has 3 aliphatic rings. The van der Waals surface area contributed by atoms with Crippen molar-refractivity contribution >= 4 is 5.69 Å². The molecule has 2 fully saturated rings. The van der Waals surface area contributed by atoms with E-state index in [-0.39, 0.29) is 28.4 Å². The van der Waals surface area contributed by atoms with Gasteiger partial charge in [0.2, 0.25) is 0 Å². The Bertz CT molecular complexity index is 536. The molecule has 0 unspecified atom stereocenters. The van der Waals surface area contributed by atoms with Crippen LogP contribution >= 0.6 is 0 Å². The van der Waals surface area contributed by atoms with Crippen LogP contribution in [-0.2, 0) is 4.74 Å². The third-order valence-corrected chi connectivity index (χ3v) is 4.28. The van der Waals surface area contributed by atoms with Gasteiger partial charge in [0.05, 0.1) is 4.92 Å². The zero-order valence-corrected chi connectivity index (χ0v) is 9.80. The fourth-order valence-electron chi connectivity index (χ4n) is 3.35. The van der Waals surface area contributed by atoms with E-state index in [4.69, 9.17) is 9.47 Å². The molecule has 2 heterocycles. The third-order valence-electron chi connectivity index (χ3n) is 4.28. The lowest BCUT2D eigenvalue weighted by Crippen LogP contribution is -2.41. The Morgan fingerprint density at radius 3 is 2.83 bits per heavy atom. The Morgan fingerprint density at radius 2 is 2.11 bits per heavy atom. The quantitative estimate of drug-likeness (QED) is 0.435. The number of hydrogen-bond donors (Lipinski definition) is 0. The minimum Gasteiger partial charge on any atom is -0.484 e. The molecule has 0 amide bonds. The second-order valence-electron chi connectivity index (χ2n) is 5.33. The van der Waals surface area contributed by atoms with E-state index in [0.29, 0.717) is 0 Å². The molecule has 1 spiro atoms. The monoisotopic (exact) mass is 247 g/mol. The Hall–Kier alpha value is -1.62. The molecule has 1 aliphatic carbocycles. The van der Waals surface area contributed by atoms with E-state index >= 15 is 0 Å². The predicted octanol–water partition coefficient (Wildman–Crippen LogP) is 2.74. The second kappa shape index (κ2) is 3.23. The minimum absolute atomic E-state index is 0.00625. The van der Waals surface area contributed by atoms with Crippen LogP contribution in [0.15, 0.2) is 18.2 Å². The normalized spacial score (nSPS) is 30.4. The van der Waals surface area contributed by atoms with Gasteiger partial charge in [0.1, 0.15) is 23.6 Å². The maximum atomic E-state index is 10.8. The molecule has 0 radical (unpaired) electrons.